The van der Waals surface area contributed by atoms with E-state index in [1.807, 2.05) is 0 Å². The van der Waals surface area contributed by atoms with Crippen molar-refractivity contribution in [3.8, 4) is 11.6 Å². The number of aryl methyl sites for hydroxylation is 1. The van der Waals surface area contributed by atoms with Crippen molar-refractivity contribution in [3.63, 3.8) is 0 Å². The van der Waals surface area contributed by atoms with E-state index < -0.39 is 50.6 Å². The molecule has 6 rings (SSSR count). The zero-order valence-electron chi connectivity index (χ0n) is 27.6. The number of rotatable bonds is 11. The minimum atomic E-state index is -4.13. The summed E-state index contributed by atoms with van der Waals surface area (Å²) >= 11 is 0. The van der Waals surface area contributed by atoms with Crippen LogP contribution in [0.2, 0.25) is 0 Å². The summed E-state index contributed by atoms with van der Waals surface area (Å²) in [5.41, 5.74) is -0.624. The van der Waals surface area contributed by atoms with E-state index in [9.17, 15) is 27.6 Å². The molecule has 2 N–H and O–H groups in total. The van der Waals surface area contributed by atoms with Gasteiger partial charge in [-0.2, -0.15) is 8.42 Å². The van der Waals surface area contributed by atoms with Gasteiger partial charge in [-0.15, -0.1) is 0 Å². The molecule has 5 aromatic rings. The number of hydrogen-bond acceptors (Lipinski definition) is 10. The molecule has 266 valence electrons. The lowest BCUT2D eigenvalue weighted by atomic mass is 9.97. The van der Waals surface area contributed by atoms with E-state index in [4.69, 9.17) is 13.9 Å². The standard InChI is InChI=1S/C35H34FN5O9S/c1-40-29-20-37-30(48-2)19-26(29)33(43)41(35(40)45)23-13-10-21(11-14-23)17-28(34(44)50-24-7-4-3-5-8-24)38-32(42)25-15-12-22(18-27(25)36)39-51(46,47)31-9-6-16-49-31/h6,9-16,18-20,24,28,39H,3-5,7-8,17H2,1-2H3,(H,38,42)/t28-/m0/s1. The summed E-state index contributed by atoms with van der Waals surface area (Å²) < 4.78 is 60.5. The first kappa shape index (κ1) is 35.1. The van der Waals surface area contributed by atoms with Gasteiger partial charge in [0, 0.05) is 19.5 Å². The largest absolute Gasteiger partial charge is 0.481 e. The van der Waals surface area contributed by atoms with Gasteiger partial charge in [-0.1, -0.05) is 18.6 Å². The number of carbonyl (C=O) groups is 2. The molecule has 1 atom stereocenters. The lowest BCUT2D eigenvalue weighted by molar-refractivity contribution is -0.152. The third-order valence-electron chi connectivity index (χ3n) is 8.63. The van der Waals surface area contributed by atoms with Gasteiger partial charge in [0.05, 0.1) is 47.4 Å². The summed E-state index contributed by atoms with van der Waals surface area (Å²) in [5.74, 6) is -2.46. The number of benzene rings is 2. The summed E-state index contributed by atoms with van der Waals surface area (Å²) in [6.45, 7) is 0. The number of anilines is 1. The van der Waals surface area contributed by atoms with Crippen LogP contribution >= 0.6 is 0 Å². The maximum absolute atomic E-state index is 15.2. The number of aromatic nitrogens is 3. The Kier molecular flexibility index (Phi) is 10.0. The molecule has 0 unspecified atom stereocenters. The number of hydrogen-bond donors (Lipinski definition) is 2. The van der Waals surface area contributed by atoms with E-state index in [1.54, 1.807) is 12.1 Å². The predicted octanol–water partition coefficient (Wildman–Crippen LogP) is 3.84. The lowest BCUT2D eigenvalue weighted by Crippen LogP contribution is -2.45. The van der Waals surface area contributed by atoms with Crippen LogP contribution in [-0.4, -0.2) is 53.7 Å². The number of amides is 1. The molecule has 1 aliphatic rings. The number of methoxy groups -OCH3 is 1. The molecule has 0 saturated heterocycles. The number of halogens is 1. The Labute approximate surface area is 290 Å². The van der Waals surface area contributed by atoms with Gasteiger partial charge in [0.15, 0.2) is 0 Å². The van der Waals surface area contributed by atoms with E-state index in [1.165, 1.54) is 67.6 Å². The zero-order chi connectivity index (χ0) is 36.3. The van der Waals surface area contributed by atoms with Crippen molar-refractivity contribution in [2.45, 2.75) is 55.8 Å². The van der Waals surface area contributed by atoms with Crippen LogP contribution < -0.4 is 26.0 Å². The molecule has 0 aliphatic heterocycles. The first-order valence-electron chi connectivity index (χ1n) is 16.1. The van der Waals surface area contributed by atoms with Gasteiger partial charge < -0.3 is 19.2 Å². The smallest absolute Gasteiger partial charge is 0.335 e. The second-order valence-corrected chi connectivity index (χ2v) is 13.7. The molecule has 1 saturated carbocycles. The third kappa shape index (κ3) is 7.55. The molecule has 0 radical (unpaired) electrons. The van der Waals surface area contributed by atoms with Gasteiger partial charge in [-0.3, -0.25) is 18.9 Å². The van der Waals surface area contributed by atoms with Crippen LogP contribution in [0.4, 0.5) is 10.1 Å². The highest BCUT2D eigenvalue weighted by molar-refractivity contribution is 7.92. The zero-order valence-corrected chi connectivity index (χ0v) is 28.4. The average Bonchev–Trinajstić information content (AvgIpc) is 3.68. The highest BCUT2D eigenvalue weighted by atomic mass is 32.2. The first-order chi connectivity index (χ1) is 24.4. The minimum absolute atomic E-state index is 0.0618. The fourth-order valence-corrected chi connectivity index (χ4v) is 6.91. The minimum Gasteiger partial charge on any atom is -0.481 e. The maximum atomic E-state index is 15.2. The summed E-state index contributed by atoms with van der Waals surface area (Å²) in [6.07, 6.45) is 6.37. The summed E-state index contributed by atoms with van der Waals surface area (Å²) in [7, 11) is -1.20. The van der Waals surface area contributed by atoms with Crippen molar-refractivity contribution >= 4 is 38.5 Å². The number of furan rings is 1. The van der Waals surface area contributed by atoms with E-state index >= 15 is 4.39 Å². The molecule has 1 aliphatic carbocycles. The Morgan fingerprint density at radius 2 is 1.80 bits per heavy atom. The quantitative estimate of drug-likeness (QED) is 0.191. The Balaban J connectivity index is 1.24. The fraction of sp³-hybridized carbons (Fsp3) is 0.286. The molecule has 14 nitrogen and oxygen atoms in total. The number of fused-ring (bicyclic) bond motifs is 1. The van der Waals surface area contributed by atoms with Gasteiger partial charge in [-0.05, 0) is 73.7 Å². The number of carbonyl (C=O) groups excluding carboxylic acids is 2. The number of sulfonamides is 1. The molecule has 51 heavy (non-hydrogen) atoms. The van der Waals surface area contributed by atoms with E-state index in [0.29, 0.717) is 23.9 Å². The average molecular weight is 720 g/mol. The molecule has 1 fully saturated rings. The third-order valence-corrected chi connectivity index (χ3v) is 9.89. The van der Waals surface area contributed by atoms with Crippen LogP contribution in [0.3, 0.4) is 0 Å². The lowest BCUT2D eigenvalue weighted by Gasteiger charge is -2.25. The maximum Gasteiger partial charge on any atom is 0.335 e. The predicted molar refractivity (Wildman–Crippen MR) is 183 cm³/mol. The van der Waals surface area contributed by atoms with Gasteiger partial charge in [0.2, 0.25) is 11.0 Å². The number of esters is 1. The Morgan fingerprint density at radius 3 is 2.47 bits per heavy atom. The first-order valence-corrected chi connectivity index (χ1v) is 17.6. The Bertz CT molecular complexity index is 2310. The van der Waals surface area contributed by atoms with Gasteiger partial charge in [-0.25, -0.2) is 23.5 Å². The fourth-order valence-electron chi connectivity index (χ4n) is 5.93. The van der Waals surface area contributed by atoms with Gasteiger partial charge >= 0.3 is 11.7 Å². The number of pyridine rings is 1. The molecule has 0 bridgehead atoms. The van der Waals surface area contributed by atoms with Crippen LogP contribution in [0.15, 0.2) is 92.2 Å². The summed E-state index contributed by atoms with van der Waals surface area (Å²) in [5, 5.41) is 2.42. The summed E-state index contributed by atoms with van der Waals surface area (Å²) in [4.78, 5) is 57.5. The number of ether oxygens (including phenoxy) is 2. The molecular formula is C35H34FN5O9S. The van der Waals surface area contributed by atoms with Crippen LogP contribution in [0.5, 0.6) is 5.88 Å². The highest BCUT2D eigenvalue weighted by Gasteiger charge is 2.28. The molecule has 3 aromatic heterocycles. The number of nitrogens with zero attached hydrogens (tertiary/aromatic N) is 3. The van der Waals surface area contributed by atoms with E-state index in [2.05, 4.69) is 15.0 Å². The molecular weight excluding hydrogens is 685 g/mol. The normalized spacial score (nSPS) is 14.2. The van der Waals surface area contributed by atoms with Crippen molar-refractivity contribution in [1.82, 2.24) is 19.4 Å². The van der Waals surface area contributed by atoms with Crippen LogP contribution in [0.25, 0.3) is 16.6 Å². The van der Waals surface area contributed by atoms with Crippen molar-refractivity contribution in [2.24, 2.45) is 7.05 Å². The van der Waals surface area contributed by atoms with Crippen molar-refractivity contribution in [3.05, 3.63) is 111 Å². The SMILES string of the molecule is COc1cc2c(=O)n(-c3ccc(C[C@H](NC(=O)c4ccc(NS(=O)(=O)c5ccco5)cc4F)C(=O)OC4CCCCC4)cc3)c(=O)n(C)c2cn1. The Morgan fingerprint density at radius 1 is 1.06 bits per heavy atom. The van der Waals surface area contributed by atoms with Crippen molar-refractivity contribution in [1.29, 1.82) is 0 Å². The van der Waals surface area contributed by atoms with Crippen molar-refractivity contribution < 1.29 is 36.3 Å². The summed E-state index contributed by atoms with van der Waals surface area (Å²) in [6, 6.07) is 12.2. The Hall–Kier alpha value is -5.77. The monoisotopic (exact) mass is 719 g/mol. The number of nitrogens with one attached hydrogen (secondary N) is 2. The molecule has 3 heterocycles. The van der Waals surface area contributed by atoms with Gasteiger partial charge in [0.1, 0.15) is 18.0 Å². The van der Waals surface area contributed by atoms with Crippen molar-refractivity contribution in [2.75, 3.05) is 11.8 Å². The molecule has 16 heteroatoms. The second-order valence-electron chi connectivity index (χ2n) is 12.1. The second kappa shape index (κ2) is 14.6. The van der Waals surface area contributed by atoms with E-state index in [-0.39, 0.29) is 40.3 Å². The van der Waals surface area contributed by atoms with E-state index in [0.717, 1.165) is 36.0 Å². The molecule has 0 spiro atoms. The molecule has 1 amide bonds. The van der Waals surface area contributed by atoms with Crippen LogP contribution in [-0.2, 0) is 33.0 Å². The highest BCUT2D eigenvalue weighted by Crippen LogP contribution is 2.23. The van der Waals surface area contributed by atoms with Crippen LogP contribution in [0, 0.1) is 5.82 Å². The topological polar surface area (TPSA) is 181 Å². The van der Waals surface area contributed by atoms with Gasteiger partial charge in [0.25, 0.3) is 21.5 Å². The van der Waals surface area contributed by atoms with Crippen LogP contribution in [0.1, 0.15) is 48.0 Å². The molecule has 2 aromatic carbocycles.